The van der Waals surface area contributed by atoms with Crippen LogP contribution < -0.4 is 0 Å². The first-order chi connectivity index (χ1) is 11.3. The Labute approximate surface area is 141 Å². The second-order valence-corrected chi connectivity index (χ2v) is 7.61. The Morgan fingerprint density at radius 3 is 2.54 bits per heavy atom. The van der Waals surface area contributed by atoms with Crippen LogP contribution >= 0.6 is 0 Å². The highest BCUT2D eigenvalue weighted by molar-refractivity contribution is 7.89. The van der Waals surface area contributed by atoms with E-state index in [0.29, 0.717) is 0 Å². The van der Waals surface area contributed by atoms with Gasteiger partial charge in [0.2, 0.25) is 10.0 Å². The fraction of sp³-hybridized carbons (Fsp3) is 0.294. The van der Waals surface area contributed by atoms with Gasteiger partial charge in [0.25, 0.3) is 0 Å². The molecule has 0 saturated carbocycles. The van der Waals surface area contributed by atoms with Crippen LogP contribution in [0.25, 0.3) is 0 Å². The van der Waals surface area contributed by atoms with E-state index in [2.05, 4.69) is 4.98 Å². The van der Waals surface area contributed by atoms with Crippen molar-refractivity contribution in [1.82, 2.24) is 9.29 Å². The van der Waals surface area contributed by atoms with E-state index in [1.807, 2.05) is 31.2 Å². The number of carboxylic acid groups (broad SMARTS) is 1. The highest BCUT2D eigenvalue weighted by Gasteiger charge is 2.25. The summed E-state index contributed by atoms with van der Waals surface area (Å²) in [5.74, 6) is -1.04. The summed E-state index contributed by atoms with van der Waals surface area (Å²) in [6.07, 6.45) is 2.60. The van der Waals surface area contributed by atoms with E-state index >= 15 is 0 Å². The van der Waals surface area contributed by atoms with Crippen LogP contribution in [-0.4, -0.2) is 35.3 Å². The summed E-state index contributed by atoms with van der Waals surface area (Å²) < 4.78 is 26.9. The Kier molecular flexibility index (Phi) is 5.69. The first-order valence-corrected chi connectivity index (χ1v) is 8.92. The van der Waals surface area contributed by atoms with Crippen molar-refractivity contribution >= 4 is 16.0 Å². The molecule has 0 spiro atoms. The molecule has 0 unspecified atom stereocenters. The number of benzene rings is 1. The number of pyridine rings is 1. The zero-order valence-electron chi connectivity index (χ0n) is 13.6. The molecular weight excluding hydrogens is 328 g/mol. The van der Waals surface area contributed by atoms with Gasteiger partial charge in [0, 0.05) is 25.5 Å². The average molecular weight is 348 g/mol. The first-order valence-electron chi connectivity index (χ1n) is 7.48. The molecule has 128 valence electrons. The second kappa shape index (κ2) is 7.55. The monoisotopic (exact) mass is 348 g/mol. The molecule has 2 aromatic rings. The molecule has 0 fully saturated rings. The zero-order chi connectivity index (χ0) is 17.7. The molecule has 0 aliphatic heterocycles. The van der Waals surface area contributed by atoms with Crippen molar-refractivity contribution in [3.8, 4) is 0 Å². The fourth-order valence-electron chi connectivity index (χ4n) is 2.34. The van der Waals surface area contributed by atoms with Gasteiger partial charge < -0.3 is 5.11 Å². The van der Waals surface area contributed by atoms with Crippen molar-refractivity contribution < 1.29 is 18.3 Å². The van der Waals surface area contributed by atoms with Crippen LogP contribution in [0.3, 0.4) is 0 Å². The molecule has 0 amide bonds. The maximum atomic E-state index is 12.9. The number of rotatable bonds is 7. The van der Waals surface area contributed by atoms with E-state index in [1.165, 1.54) is 16.6 Å². The molecule has 1 aromatic carbocycles. The minimum Gasteiger partial charge on any atom is -0.481 e. The highest BCUT2D eigenvalue weighted by Crippen LogP contribution is 2.19. The van der Waals surface area contributed by atoms with Crippen LogP contribution in [0.2, 0.25) is 0 Å². The summed E-state index contributed by atoms with van der Waals surface area (Å²) in [6.45, 7) is 3.70. The van der Waals surface area contributed by atoms with Crippen molar-refractivity contribution in [2.75, 3.05) is 6.54 Å². The molecule has 2 rings (SSSR count). The van der Waals surface area contributed by atoms with Gasteiger partial charge in [0.1, 0.15) is 4.90 Å². The van der Waals surface area contributed by atoms with Crippen LogP contribution in [0.5, 0.6) is 0 Å². The SMILES string of the molecule is Cc1cccc(CN(CCC(=O)O)S(=O)(=O)c2cncc(C)c2)c1. The van der Waals surface area contributed by atoms with E-state index in [0.717, 1.165) is 16.7 Å². The molecule has 1 heterocycles. The molecule has 0 aliphatic rings. The first kappa shape index (κ1) is 18.1. The predicted octanol–water partition coefficient (Wildman–Crippen LogP) is 2.36. The minimum atomic E-state index is -3.82. The average Bonchev–Trinajstić information content (AvgIpc) is 2.51. The van der Waals surface area contributed by atoms with Gasteiger partial charge in [0.05, 0.1) is 6.42 Å². The van der Waals surface area contributed by atoms with E-state index in [9.17, 15) is 13.2 Å². The Bertz CT molecular complexity index is 834. The molecule has 0 radical (unpaired) electrons. The maximum absolute atomic E-state index is 12.9. The number of aliphatic carboxylic acids is 1. The van der Waals surface area contributed by atoms with E-state index in [-0.39, 0.29) is 24.4 Å². The molecule has 0 bridgehead atoms. The molecule has 1 N–H and O–H groups in total. The number of sulfonamides is 1. The van der Waals surface area contributed by atoms with Crippen LogP contribution in [0, 0.1) is 13.8 Å². The van der Waals surface area contributed by atoms with Gasteiger partial charge in [-0.2, -0.15) is 4.31 Å². The van der Waals surface area contributed by atoms with Gasteiger partial charge in [-0.3, -0.25) is 9.78 Å². The normalized spacial score (nSPS) is 11.6. The number of hydrogen-bond donors (Lipinski definition) is 1. The quantitative estimate of drug-likeness (QED) is 0.830. The molecule has 24 heavy (non-hydrogen) atoms. The molecule has 0 aliphatic carbocycles. The van der Waals surface area contributed by atoms with Crippen molar-refractivity contribution in [1.29, 1.82) is 0 Å². The Hall–Kier alpha value is -2.25. The largest absolute Gasteiger partial charge is 0.481 e. The van der Waals surface area contributed by atoms with Crippen molar-refractivity contribution in [2.24, 2.45) is 0 Å². The third-order valence-corrected chi connectivity index (χ3v) is 5.31. The smallest absolute Gasteiger partial charge is 0.304 e. The standard InChI is InChI=1S/C17H20N2O4S/c1-13-4-3-5-15(8-13)12-19(7-6-17(20)21)24(22,23)16-9-14(2)10-18-11-16/h3-5,8-11H,6-7,12H2,1-2H3,(H,20,21). The van der Waals surface area contributed by atoms with Crippen LogP contribution in [-0.2, 0) is 21.4 Å². The summed E-state index contributed by atoms with van der Waals surface area (Å²) >= 11 is 0. The Morgan fingerprint density at radius 2 is 1.92 bits per heavy atom. The lowest BCUT2D eigenvalue weighted by atomic mass is 10.1. The number of carbonyl (C=O) groups is 1. The number of aromatic nitrogens is 1. The predicted molar refractivity (Wildman–Crippen MR) is 90.0 cm³/mol. The van der Waals surface area contributed by atoms with Crippen molar-refractivity contribution in [3.63, 3.8) is 0 Å². The van der Waals surface area contributed by atoms with Gasteiger partial charge >= 0.3 is 5.97 Å². The van der Waals surface area contributed by atoms with Crippen LogP contribution in [0.15, 0.2) is 47.6 Å². The summed E-state index contributed by atoms with van der Waals surface area (Å²) in [5, 5.41) is 8.92. The van der Waals surface area contributed by atoms with Gasteiger partial charge in [0.15, 0.2) is 0 Å². The molecule has 6 nitrogen and oxygen atoms in total. The van der Waals surface area contributed by atoms with Crippen LogP contribution in [0.4, 0.5) is 0 Å². The lowest BCUT2D eigenvalue weighted by Gasteiger charge is -2.22. The zero-order valence-corrected chi connectivity index (χ0v) is 14.5. The lowest BCUT2D eigenvalue weighted by Crippen LogP contribution is -2.32. The lowest BCUT2D eigenvalue weighted by molar-refractivity contribution is -0.137. The topological polar surface area (TPSA) is 87.6 Å². The van der Waals surface area contributed by atoms with Gasteiger partial charge in [-0.1, -0.05) is 29.8 Å². The number of hydrogen-bond acceptors (Lipinski definition) is 4. The number of nitrogens with zero attached hydrogens (tertiary/aromatic N) is 2. The Morgan fingerprint density at radius 1 is 1.17 bits per heavy atom. The Balaban J connectivity index is 2.35. The molecule has 0 atom stereocenters. The van der Waals surface area contributed by atoms with Gasteiger partial charge in [-0.05, 0) is 31.0 Å². The maximum Gasteiger partial charge on any atom is 0.304 e. The van der Waals surface area contributed by atoms with Crippen molar-refractivity contribution in [2.45, 2.75) is 31.7 Å². The summed E-state index contributed by atoms with van der Waals surface area (Å²) in [7, 11) is -3.82. The molecule has 1 aromatic heterocycles. The van der Waals surface area contributed by atoms with Crippen LogP contribution in [0.1, 0.15) is 23.1 Å². The summed E-state index contributed by atoms with van der Waals surface area (Å²) in [5.41, 5.74) is 2.55. The number of aryl methyl sites for hydroxylation is 2. The van der Waals surface area contributed by atoms with Gasteiger partial charge in [-0.25, -0.2) is 8.42 Å². The molecule has 7 heteroatoms. The van der Waals surface area contributed by atoms with E-state index in [4.69, 9.17) is 5.11 Å². The molecular formula is C17H20N2O4S. The number of carboxylic acids is 1. The minimum absolute atomic E-state index is 0.0699. The summed E-state index contributed by atoms with van der Waals surface area (Å²) in [6, 6.07) is 9.01. The van der Waals surface area contributed by atoms with E-state index in [1.54, 1.807) is 13.1 Å². The third kappa shape index (κ3) is 4.62. The molecule has 0 saturated heterocycles. The highest BCUT2D eigenvalue weighted by atomic mass is 32.2. The summed E-state index contributed by atoms with van der Waals surface area (Å²) in [4.78, 5) is 14.9. The van der Waals surface area contributed by atoms with E-state index < -0.39 is 16.0 Å². The van der Waals surface area contributed by atoms with Gasteiger partial charge in [-0.15, -0.1) is 0 Å². The third-order valence-electron chi connectivity index (χ3n) is 3.50. The van der Waals surface area contributed by atoms with Crippen molar-refractivity contribution in [3.05, 3.63) is 59.4 Å². The second-order valence-electron chi connectivity index (χ2n) is 5.67. The fourth-order valence-corrected chi connectivity index (χ4v) is 3.81.